The molecule has 0 spiro atoms. The molecule has 0 saturated heterocycles. The highest BCUT2D eigenvalue weighted by Crippen LogP contribution is 2.25. The van der Waals surface area contributed by atoms with E-state index in [1.807, 2.05) is 18.2 Å². The summed E-state index contributed by atoms with van der Waals surface area (Å²) in [5, 5.41) is 13.0. The Bertz CT molecular complexity index is 1100. The van der Waals surface area contributed by atoms with Gasteiger partial charge in [-0.3, -0.25) is 9.59 Å². The summed E-state index contributed by atoms with van der Waals surface area (Å²) in [6.07, 6.45) is 1.82. The van der Waals surface area contributed by atoms with Gasteiger partial charge in [-0.05, 0) is 56.5 Å². The zero-order chi connectivity index (χ0) is 26.3. The molecule has 36 heavy (non-hydrogen) atoms. The summed E-state index contributed by atoms with van der Waals surface area (Å²) in [6.45, 7) is 6.26. The molecule has 0 fully saturated rings. The minimum atomic E-state index is -0.686. The molecular weight excluding hydrogens is 466 g/mol. The number of fused-ring (bicyclic) bond motifs is 1. The molecule has 2 amide bonds. The summed E-state index contributed by atoms with van der Waals surface area (Å²) in [6, 6.07) is 10.6. The Morgan fingerprint density at radius 2 is 1.97 bits per heavy atom. The number of ether oxygens (including phenoxy) is 3. The molecule has 1 aromatic carbocycles. The number of carbonyl (C=O) groups is 3. The van der Waals surface area contributed by atoms with E-state index in [-0.39, 0.29) is 24.7 Å². The van der Waals surface area contributed by atoms with E-state index in [1.165, 1.54) is 18.2 Å². The lowest BCUT2D eigenvalue weighted by molar-refractivity contribution is -0.894. The van der Waals surface area contributed by atoms with Crippen LogP contribution in [0.2, 0.25) is 0 Å². The molecule has 1 unspecified atom stereocenters. The number of pyridine rings is 1. The summed E-state index contributed by atoms with van der Waals surface area (Å²) >= 11 is 0. The second kappa shape index (κ2) is 11.7. The number of nitrogens with one attached hydrogen (secondary N) is 1. The van der Waals surface area contributed by atoms with Gasteiger partial charge in [0.15, 0.2) is 0 Å². The summed E-state index contributed by atoms with van der Waals surface area (Å²) in [5.74, 6) is -0.148. The first-order valence-electron chi connectivity index (χ1n) is 11.9. The average molecular weight is 501 g/mol. The summed E-state index contributed by atoms with van der Waals surface area (Å²) < 4.78 is 17.0. The van der Waals surface area contributed by atoms with Gasteiger partial charge >= 0.3 is 17.9 Å². The maximum absolute atomic E-state index is 12.8. The molecule has 10 nitrogen and oxygen atoms in total. The number of hydrogen-bond acceptors (Lipinski definition) is 7. The highest BCUT2D eigenvalue weighted by Gasteiger charge is 2.32. The predicted molar refractivity (Wildman–Crippen MR) is 130 cm³/mol. The fraction of sp³-hybridized carbons (Fsp3) is 0.462. The lowest BCUT2D eigenvalue weighted by atomic mass is 9.94. The van der Waals surface area contributed by atoms with Crippen molar-refractivity contribution in [3.63, 3.8) is 0 Å². The van der Waals surface area contributed by atoms with E-state index in [9.17, 15) is 19.6 Å². The quantitative estimate of drug-likeness (QED) is 0.248. The fourth-order valence-electron chi connectivity index (χ4n) is 3.86. The number of aromatic nitrogens is 1. The third kappa shape index (κ3) is 7.34. The van der Waals surface area contributed by atoms with Crippen molar-refractivity contribution in [3.05, 3.63) is 53.7 Å². The molecule has 2 aromatic rings. The lowest BCUT2D eigenvalue weighted by Crippen LogP contribution is -2.45. The monoisotopic (exact) mass is 500 g/mol. The van der Waals surface area contributed by atoms with Crippen LogP contribution in [0.25, 0.3) is 0 Å². The third-order valence-corrected chi connectivity index (χ3v) is 5.61. The first-order chi connectivity index (χ1) is 17.1. The molecular formula is C26H34N3O7+. The largest absolute Gasteiger partial charge is 0.507 e. The Kier molecular flexibility index (Phi) is 8.73. The van der Waals surface area contributed by atoms with Crippen LogP contribution >= 0.6 is 0 Å². The number of nitrogens with zero attached hydrogens (tertiary/aromatic N) is 2. The number of rotatable bonds is 8. The third-order valence-electron chi connectivity index (χ3n) is 5.61. The fourth-order valence-corrected chi connectivity index (χ4v) is 3.86. The molecule has 2 heterocycles. The van der Waals surface area contributed by atoms with Crippen LogP contribution in [-0.2, 0) is 32.0 Å². The van der Waals surface area contributed by atoms with Crippen molar-refractivity contribution in [2.75, 3.05) is 25.2 Å². The number of amides is 2. The highest BCUT2D eigenvalue weighted by molar-refractivity contribution is 5.86. The Morgan fingerprint density at radius 3 is 2.67 bits per heavy atom. The number of anilines is 1. The van der Waals surface area contributed by atoms with Crippen LogP contribution in [-0.4, -0.2) is 49.0 Å². The van der Waals surface area contributed by atoms with Gasteiger partial charge in [0.25, 0.3) is 0 Å². The maximum Gasteiger partial charge on any atom is 0.507 e. The molecule has 0 aliphatic carbocycles. The van der Waals surface area contributed by atoms with Crippen molar-refractivity contribution >= 4 is 23.8 Å². The standard InChI is InChI=1S/C26H33N3O7/c1-26(2,3)36-25(32)28(22-8-5-6-12-29(22)33)11-7-13-35-21-10-9-18-14-19(16-23(30)34-4)24(31)27-17-20(18)15-21/h5-6,8-10,12,15,19H,7,11,13-14,16-17H2,1-4H3,(H-,27,31,33)/p+1. The van der Waals surface area contributed by atoms with Gasteiger partial charge in [0.1, 0.15) is 24.1 Å². The van der Waals surface area contributed by atoms with Crippen LogP contribution in [0.15, 0.2) is 42.6 Å². The van der Waals surface area contributed by atoms with Crippen LogP contribution in [0.5, 0.6) is 5.75 Å². The first kappa shape index (κ1) is 26.8. The minimum absolute atomic E-state index is 0.0312. The van der Waals surface area contributed by atoms with Crippen LogP contribution in [0.4, 0.5) is 10.6 Å². The van der Waals surface area contributed by atoms with E-state index in [4.69, 9.17) is 14.2 Å². The molecule has 1 atom stereocenters. The van der Waals surface area contributed by atoms with Gasteiger partial charge in [0.2, 0.25) is 5.91 Å². The lowest BCUT2D eigenvalue weighted by Gasteiger charge is -2.22. The van der Waals surface area contributed by atoms with E-state index in [0.29, 0.717) is 31.7 Å². The van der Waals surface area contributed by atoms with Gasteiger partial charge in [0, 0.05) is 19.0 Å². The van der Waals surface area contributed by atoms with Crippen molar-refractivity contribution in [2.45, 2.75) is 52.2 Å². The predicted octanol–water partition coefficient (Wildman–Crippen LogP) is 2.77. The second-order valence-electron chi connectivity index (χ2n) is 9.57. The Hall–Kier alpha value is -3.82. The summed E-state index contributed by atoms with van der Waals surface area (Å²) in [4.78, 5) is 38.2. The number of benzene rings is 1. The second-order valence-corrected chi connectivity index (χ2v) is 9.57. The van der Waals surface area contributed by atoms with E-state index < -0.39 is 23.6 Å². The topological polar surface area (TPSA) is 118 Å². The number of esters is 1. The Morgan fingerprint density at radius 1 is 1.19 bits per heavy atom. The SMILES string of the molecule is COC(=O)CC1Cc2ccc(OCCCN(C(=O)OC(C)(C)C)c3cccc[n+]3O)cc2CNC1=O. The van der Waals surface area contributed by atoms with Crippen LogP contribution in [0.1, 0.15) is 44.7 Å². The molecule has 2 N–H and O–H groups in total. The molecule has 1 aliphatic rings. The molecule has 0 radical (unpaired) electrons. The van der Waals surface area contributed by atoms with Gasteiger partial charge in [-0.1, -0.05) is 16.9 Å². The minimum Gasteiger partial charge on any atom is -0.493 e. The van der Waals surface area contributed by atoms with Gasteiger partial charge in [0.05, 0.1) is 26.1 Å². The van der Waals surface area contributed by atoms with Gasteiger partial charge in [-0.2, -0.15) is 9.69 Å². The van der Waals surface area contributed by atoms with E-state index in [2.05, 4.69) is 5.32 Å². The maximum atomic E-state index is 12.8. The van der Waals surface area contributed by atoms with Gasteiger partial charge < -0.3 is 24.7 Å². The van der Waals surface area contributed by atoms with E-state index >= 15 is 0 Å². The highest BCUT2D eigenvalue weighted by atomic mass is 16.6. The van der Waals surface area contributed by atoms with Crippen molar-refractivity contribution in [3.8, 4) is 5.75 Å². The molecule has 194 valence electrons. The molecule has 1 aliphatic heterocycles. The molecule has 3 rings (SSSR count). The summed E-state index contributed by atoms with van der Waals surface area (Å²) in [5.41, 5.74) is 1.21. The Labute approximate surface area is 210 Å². The molecule has 1 aromatic heterocycles. The van der Waals surface area contributed by atoms with Crippen LogP contribution < -0.4 is 19.7 Å². The zero-order valence-electron chi connectivity index (χ0n) is 21.2. The Balaban J connectivity index is 1.62. The molecule has 10 heteroatoms. The normalized spacial score (nSPS) is 15.2. The smallest absolute Gasteiger partial charge is 0.493 e. The summed E-state index contributed by atoms with van der Waals surface area (Å²) in [7, 11) is 1.31. The van der Waals surface area contributed by atoms with Gasteiger partial charge in [-0.15, -0.1) is 0 Å². The molecule has 0 saturated carbocycles. The van der Waals surface area contributed by atoms with Crippen molar-refractivity contribution in [1.29, 1.82) is 0 Å². The van der Waals surface area contributed by atoms with Crippen molar-refractivity contribution in [2.24, 2.45) is 5.92 Å². The van der Waals surface area contributed by atoms with E-state index in [1.54, 1.807) is 39.0 Å². The van der Waals surface area contributed by atoms with Crippen molar-refractivity contribution in [1.82, 2.24) is 5.32 Å². The zero-order valence-corrected chi connectivity index (χ0v) is 21.2. The number of carbonyl (C=O) groups excluding carboxylic acids is 3. The number of methoxy groups -OCH3 is 1. The average Bonchev–Trinajstić information content (AvgIpc) is 2.97. The van der Waals surface area contributed by atoms with E-state index in [0.717, 1.165) is 15.9 Å². The first-order valence-corrected chi connectivity index (χ1v) is 11.9. The van der Waals surface area contributed by atoms with Gasteiger partial charge in [-0.25, -0.2) is 0 Å². The molecule has 0 bridgehead atoms. The number of hydrogen-bond donors (Lipinski definition) is 2. The van der Waals surface area contributed by atoms with Crippen LogP contribution in [0, 0.1) is 5.92 Å². The van der Waals surface area contributed by atoms with Crippen molar-refractivity contribution < 1.29 is 38.5 Å². The van der Waals surface area contributed by atoms with Crippen LogP contribution in [0.3, 0.4) is 0 Å².